The van der Waals surface area contributed by atoms with E-state index in [0.29, 0.717) is 5.75 Å². The average molecular weight is 190 g/mol. The van der Waals surface area contributed by atoms with Crippen molar-refractivity contribution in [3.8, 4) is 17.2 Å². The van der Waals surface area contributed by atoms with Crippen LogP contribution in [0.15, 0.2) is 24.3 Å². The lowest BCUT2D eigenvalue weighted by molar-refractivity contribution is 0.232. The van der Waals surface area contributed by atoms with Crippen molar-refractivity contribution in [2.75, 3.05) is 0 Å². The summed E-state index contributed by atoms with van der Waals surface area (Å²) in [5.41, 5.74) is 0.726. The van der Waals surface area contributed by atoms with E-state index in [1.807, 2.05) is 12.2 Å². The molecule has 0 spiro atoms. The van der Waals surface area contributed by atoms with Gasteiger partial charge in [0, 0.05) is 12.3 Å². The van der Waals surface area contributed by atoms with Crippen LogP contribution in [-0.2, 0) is 0 Å². The summed E-state index contributed by atoms with van der Waals surface area (Å²) in [6, 6.07) is 3.16. The molecule has 1 heterocycles. The van der Waals surface area contributed by atoms with E-state index >= 15 is 0 Å². The Bertz CT molecular complexity index is 423. The maximum Gasteiger partial charge on any atom is 0.165 e. The number of benzene rings is 1. The third-order valence-corrected chi connectivity index (χ3v) is 2.88. The van der Waals surface area contributed by atoms with Gasteiger partial charge >= 0.3 is 0 Å². The Labute approximate surface area is 81.3 Å². The molecule has 1 aliphatic carbocycles. The van der Waals surface area contributed by atoms with Crippen LogP contribution in [0.1, 0.15) is 17.9 Å². The van der Waals surface area contributed by atoms with Crippen LogP contribution in [0, 0.1) is 0 Å². The second kappa shape index (κ2) is 2.44. The number of hydrogen-bond donors (Lipinski definition) is 2. The predicted octanol–water partition coefficient (Wildman–Crippen LogP) is 1.90. The third-order valence-electron chi connectivity index (χ3n) is 2.88. The number of ether oxygens (including phenoxy) is 1. The lowest BCUT2D eigenvalue weighted by atomic mass is 9.97. The Kier molecular flexibility index (Phi) is 1.35. The van der Waals surface area contributed by atoms with Gasteiger partial charge in [-0.25, -0.2) is 0 Å². The fraction of sp³-hybridized carbons (Fsp3) is 0.273. The molecule has 0 radical (unpaired) electrons. The van der Waals surface area contributed by atoms with Gasteiger partial charge in [0.1, 0.15) is 11.9 Å². The molecule has 0 amide bonds. The van der Waals surface area contributed by atoms with E-state index < -0.39 is 0 Å². The second-order valence-corrected chi connectivity index (χ2v) is 3.69. The Balaban J connectivity index is 2.21. The highest BCUT2D eigenvalue weighted by Crippen LogP contribution is 2.50. The molecule has 0 bridgehead atoms. The van der Waals surface area contributed by atoms with Gasteiger partial charge in [0.25, 0.3) is 0 Å². The van der Waals surface area contributed by atoms with E-state index in [0.717, 1.165) is 12.0 Å². The van der Waals surface area contributed by atoms with Gasteiger partial charge in [0.15, 0.2) is 11.5 Å². The van der Waals surface area contributed by atoms with Crippen LogP contribution >= 0.6 is 0 Å². The highest BCUT2D eigenvalue weighted by molar-refractivity contribution is 5.58. The summed E-state index contributed by atoms with van der Waals surface area (Å²) in [5.74, 6) is 0.687. The van der Waals surface area contributed by atoms with Crippen molar-refractivity contribution in [3.05, 3.63) is 29.8 Å². The smallest absolute Gasteiger partial charge is 0.165 e. The zero-order valence-electron chi connectivity index (χ0n) is 7.47. The summed E-state index contributed by atoms with van der Waals surface area (Å²) in [7, 11) is 0. The van der Waals surface area contributed by atoms with Crippen molar-refractivity contribution in [1.29, 1.82) is 0 Å². The predicted molar refractivity (Wildman–Crippen MR) is 50.7 cm³/mol. The number of aromatic hydroxyl groups is 2. The highest BCUT2D eigenvalue weighted by atomic mass is 16.5. The Hall–Kier alpha value is -1.64. The molecule has 3 nitrogen and oxygen atoms in total. The molecule has 0 fully saturated rings. The van der Waals surface area contributed by atoms with Gasteiger partial charge in [-0.15, -0.1) is 0 Å². The Morgan fingerprint density at radius 1 is 1.29 bits per heavy atom. The molecule has 14 heavy (non-hydrogen) atoms. The highest BCUT2D eigenvalue weighted by Gasteiger charge is 2.37. The lowest BCUT2D eigenvalue weighted by Gasteiger charge is -2.07. The van der Waals surface area contributed by atoms with Crippen LogP contribution in [0.4, 0.5) is 0 Å². The van der Waals surface area contributed by atoms with Crippen LogP contribution in [0.5, 0.6) is 17.2 Å². The Morgan fingerprint density at radius 3 is 3.00 bits per heavy atom. The van der Waals surface area contributed by atoms with E-state index in [1.54, 1.807) is 6.07 Å². The van der Waals surface area contributed by atoms with Gasteiger partial charge in [-0.05, 0) is 12.1 Å². The van der Waals surface area contributed by atoms with Crippen molar-refractivity contribution in [2.24, 2.45) is 0 Å². The molecule has 3 rings (SSSR count). The molecule has 0 saturated heterocycles. The van der Waals surface area contributed by atoms with Crippen molar-refractivity contribution < 1.29 is 14.9 Å². The van der Waals surface area contributed by atoms with Crippen LogP contribution < -0.4 is 4.74 Å². The first kappa shape index (κ1) is 7.74. The normalized spacial score (nSPS) is 27.1. The second-order valence-electron chi connectivity index (χ2n) is 3.69. The van der Waals surface area contributed by atoms with Crippen LogP contribution in [0.25, 0.3) is 0 Å². The molecule has 1 aromatic carbocycles. The van der Waals surface area contributed by atoms with Gasteiger partial charge < -0.3 is 14.9 Å². The lowest BCUT2D eigenvalue weighted by Crippen LogP contribution is -2.11. The molecular weight excluding hydrogens is 180 g/mol. The summed E-state index contributed by atoms with van der Waals surface area (Å²) in [5, 5.41) is 19.1. The number of rotatable bonds is 0. The van der Waals surface area contributed by atoms with E-state index in [4.69, 9.17) is 4.74 Å². The van der Waals surface area contributed by atoms with Crippen molar-refractivity contribution in [1.82, 2.24) is 0 Å². The van der Waals surface area contributed by atoms with Crippen molar-refractivity contribution >= 4 is 0 Å². The molecule has 0 unspecified atom stereocenters. The molecule has 72 valence electrons. The van der Waals surface area contributed by atoms with Gasteiger partial charge in [-0.3, -0.25) is 0 Å². The molecular formula is C11H10O3. The summed E-state index contributed by atoms with van der Waals surface area (Å²) >= 11 is 0. The minimum Gasteiger partial charge on any atom is -0.504 e. The van der Waals surface area contributed by atoms with E-state index in [1.165, 1.54) is 6.07 Å². The molecule has 3 heteroatoms. The zero-order valence-corrected chi connectivity index (χ0v) is 7.47. The number of phenolic OH excluding ortho intramolecular Hbond substituents is 2. The summed E-state index contributed by atoms with van der Waals surface area (Å²) in [6.45, 7) is 0. The Morgan fingerprint density at radius 2 is 2.14 bits per heavy atom. The van der Waals surface area contributed by atoms with Gasteiger partial charge in [0.2, 0.25) is 0 Å². The van der Waals surface area contributed by atoms with Gasteiger partial charge in [0.05, 0.1) is 5.56 Å². The first-order valence-electron chi connectivity index (χ1n) is 4.65. The summed E-state index contributed by atoms with van der Waals surface area (Å²) < 4.78 is 5.63. The van der Waals surface area contributed by atoms with Crippen LogP contribution in [0.3, 0.4) is 0 Å². The third kappa shape index (κ3) is 0.816. The van der Waals surface area contributed by atoms with E-state index in [-0.39, 0.29) is 23.5 Å². The van der Waals surface area contributed by atoms with Gasteiger partial charge in [-0.1, -0.05) is 12.2 Å². The van der Waals surface area contributed by atoms with E-state index in [2.05, 4.69) is 0 Å². The van der Waals surface area contributed by atoms with Crippen LogP contribution in [0.2, 0.25) is 0 Å². The molecule has 2 aliphatic rings. The molecule has 0 saturated carbocycles. The number of fused-ring (bicyclic) bond motifs is 3. The topological polar surface area (TPSA) is 49.7 Å². The van der Waals surface area contributed by atoms with Crippen LogP contribution in [-0.4, -0.2) is 16.3 Å². The maximum absolute atomic E-state index is 9.70. The maximum atomic E-state index is 9.70. The fourth-order valence-electron chi connectivity index (χ4n) is 2.20. The molecule has 1 aromatic rings. The zero-order chi connectivity index (χ0) is 9.71. The number of hydrogen-bond acceptors (Lipinski definition) is 3. The first-order valence-corrected chi connectivity index (χ1v) is 4.65. The molecule has 2 atom stereocenters. The minimum atomic E-state index is -0.0756. The van der Waals surface area contributed by atoms with E-state index in [9.17, 15) is 10.2 Å². The first-order chi connectivity index (χ1) is 6.77. The summed E-state index contributed by atoms with van der Waals surface area (Å²) in [4.78, 5) is 0. The summed E-state index contributed by atoms with van der Waals surface area (Å²) in [6.07, 6.45) is 5.05. The molecule has 2 N–H and O–H groups in total. The fourth-order valence-corrected chi connectivity index (χ4v) is 2.20. The molecule has 0 aromatic heterocycles. The average Bonchev–Trinajstić information content (AvgIpc) is 2.70. The quantitative estimate of drug-likeness (QED) is 0.485. The number of phenols is 2. The SMILES string of the molecule is Oc1ccc2c(c1O)[C@H]1C=CC[C@H]1O2. The molecule has 1 aliphatic heterocycles. The monoisotopic (exact) mass is 190 g/mol. The van der Waals surface area contributed by atoms with Crippen molar-refractivity contribution in [3.63, 3.8) is 0 Å². The van der Waals surface area contributed by atoms with Crippen molar-refractivity contribution in [2.45, 2.75) is 18.4 Å². The largest absolute Gasteiger partial charge is 0.504 e. The minimum absolute atomic E-state index is 0.0402. The van der Waals surface area contributed by atoms with Gasteiger partial charge in [-0.2, -0.15) is 0 Å². The standard InChI is InChI=1S/C11H10O3/c12-7-4-5-9-10(11(7)13)6-2-1-3-8(6)14-9/h1-2,4-6,8,12-13H,3H2/t6-,8+/m0/s1.